The molecule has 0 saturated carbocycles. The standard InChI is InChI=1S/C12H20N2O2/c1-4-14-12(5-6-15-2)10-7-11(16-3)9-13-8-10/h7-9,12,14H,4-6H2,1-3H3. The van der Waals surface area contributed by atoms with Gasteiger partial charge in [-0.1, -0.05) is 6.92 Å². The van der Waals surface area contributed by atoms with Crippen molar-refractivity contribution in [2.45, 2.75) is 19.4 Å². The molecule has 1 unspecified atom stereocenters. The highest BCUT2D eigenvalue weighted by molar-refractivity contribution is 5.25. The molecule has 4 nitrogen and oxygen atoms in total. The van der Waals surface area contributed by atoms with Gasteiger partial charge in [0.15, 0.2) is 0 Å². The van der Waals surface area contributed by atoms with E-state index in [1.165, 1.54) is 0 Å². The van der Waals surface area contributed by atoms with Crippen LogP contribution in [-0.4, -0.2) is 32.4 Å². The molecule has 0 radical (unpaired) electrons. The number of nitrogens with zero attached hydrogens (tertiary/aromatic N) is 1. The molecule has 0 spiro atoms. The second kappa shape index (κ2) is 7.19. The normalized spacial score (nSPS) is 12.4. The summed E-state index contributed by atoms with van der Waals surface area (Å²) >= 11 is 0. The minimum Gasteiger partial charge on any atom is -0.495 e. The van der Waals surface area contributed by atoms with Crippen molar-refractivity contribution < 1.29 is 9.47 Å². The number of pyridine rings is 1. The molecule has 4 heteroatoms. The van der Waals surface area contributed by atoms with E-state index >= 15 is 0 Å². The minimum absolute atomic E-state index is 0.271. The van der Waals surface area contributed by atoms with E-state index in [2.05, 4.69) is 17.2 Å². The Bertz CT molecular complexity index is 305. The molecule has 1 heterocycles. The molecule has 0 aliphatic heterocycles. The fraction of sp³-hybridized carbons (Fsp3) is 0.583. The molecule has 1 rings (SSSR count). The lowest BCUT2D eigenvalue weighted by Crippen LogP contribution is -2.22. The predicted octanol–water partition coefficient (Wildman–Crippen LogP) is 1.78. The molecular formula is C12H20N2O2. The Labute approximate surface area is 97.0 Å². The van der Waals surface area contributed by atoms with Gasteiger partial charge in [0.05, 0.1) is 13.3 Å². The van der Waals surface area contributed by atoms with Gasteiger partial charge in [-0.25, -0.2) is 0 Å². The maximum atomic E-state index is 5.17. The summed E-state index contributed by atoms with van der Waals surface area (Å²) in [7, 11) is 3.37. The Balaban J connectivity index is 2.73. The van der Waals surface area contributed by atoms with Crippen molar-refractivity contribution >= 4 is 0 Å². The van der Waals surface area contributed by atoms with Gasteiger partial charge in [-0.15, -0.1) is 0 Å². The molecule has 1 atom stereocenters. The smallest absolute Gasteiger partial charge is 0.137 e. The lowest BCUT2D eigenvalue weighted by molar-refractivity contribution is 0.183. The second-order valence-electron chi connectivity index (χ2n) is 3.55. The van der Waals surface area contributed by atoms with Crippen molar-refractivity contribution in [3.05, 3.63) is 24.0 Å². The van der Waals surface area contributed by atoms with Gasteiger partial charge in [0, 0.05) is 26.0 Å². The van der Waals surface area contributed by atoms with Crippen LogP contribution in [0.2, 0.25) is 0 Å². The van der Waals surface area contributed by atoms with Crippen molar-refractivity contribution in [2.75, 3.05) is 27.4 Å². The molecule has 1 aromatic heterocycles. The SMILES string of the molecule is CCNC(CCOC)c1cncc(OC)c1. The van der Waals surface area contributed by atoms with E-state index in [-0.39, 0.29) is 6.04 Å². The fourth-order valence-corrected chi connectivity index (χ4v) is 1.61. The third-order valence-corrected chi connectivity index (χ3v) is 2.43. The quantitative estimate of drug-likeness (QED) is 0.766. The first-order valence-electron chi connectivity index (χ1n) is 5.53. The third kappa shape index (κ3) is 3.79. The number of ether oxygens (including phenoxy) is 2. The molecule has 0 bridgehead atoms. The Morgan fingerprint density at radius 2 is 2.19 bits per heavy atom. The van der Waals surface area contributed by atoms with Gasteiger partial charge in [-0.3, -0.25) is 4.98 Å². The topological polar surface area (TPSA) is 43.4 Å². The molecule has 0 aliphatic carbocycles. The lowest BCUT2D eigenvalue weighted by Gasteiger charge is -2.18. The van der Waals surface area contributed by atoms with Gasteiger partial charge >= 0.3 is 0 Å². The molecule has 16 heavy (non-hydrogen) atoms. The third-order valence-electron chi connectivity index (χ3n) is 2.43. The van der Waals surface area contributed by atoms with Crippen LogP contribution in [0.4, 0.5) is 0 Å². The van der Waals surface area contributed by atoms with Crippen LogP contribution < -0.4 is 10.1 Å². The van der Waals surface area contributed by atoms with Crippen molar-refractivity contribution in [1.82, 2.24) is 10.3 Å². The predicted molar refractivity (Wildman–Crippen MR) is 63.7 cm³/mol. The van der Waals surface area contributed by atoms with E-state index in [9.17, 15) is 0 Å². The number of methoxy groups -OCH3 is 2. The van der Waals surface area contributed by atoms with Crippen LogP contribution in [0.3, 0.4) is 0 Å². The zero-order valence-electron chi connectivity index (χ0n) is 10.2. The van der Waals surface area contributed by atoms with Crippen LogP contribution >= 0.6 is 0 Å². The van der Waals surface area contributed by atoms with Gasteiger partial charge in [-0.05, 0) is 24.6 Å². The van der Waals surface area contributed by atoms with E-state index in [0.717, 1.165) is 30.9 Å². The molecule has 1 N–H and O–H groups in total. The van der Waals surface area contributed by atoms with E-state index in [4.69, 9.17) is 9.47 Å². The molecule has 90 valence electrons. The van der Waals surface area contributed by atoms with Crippen LogP contribution in [0.15, 0.2) is 18.5 Å². The van der Waals surface area contributed by atoms with E-state index in [1.807, 2.05) is 12.3 Å². The molecule has 0 aromatic carbocycles. The maximum absolute atomic E-state index is 5.17. The Hall–Kier alpha value is -1.13. The fourth-order valence-electron chi connectivity index (χ4n) is 1.61. The molecule has 0 saturated heterocycles. The van der Waals surface area contributed by atoms with Gasteiger partial charge < -0.3 is 14.8 Å². The average Bonchev–Trinajstić information content (AvgIpc) is 2.34. The van der Waals surface area contributed by atoms with Crippen LogP contribution in [0, 0.1) is 0 Å². The van der Waals surface area contributed by atoms with E-state index < -0.39 is 0 Å². The maximum Gasteiger partial charge on any atom is 0.137 e. The summed E-state index contributed by atoms with van der Waals surface area (Å²) in [5.74, 6) is 0.790. The highest BCUT2D eigenvalue weighted by Crippen LogP contribution is 2.20. The first-order chi connectivity index (χ1) is 7.81. The van der Waals surface area contributed by atoms with Crippen molar-refractivity contribution in [3.8, 4) is 5.75 Å². The van der Waals surface area contributed by atoms with Crippen LogP contribution in [-0.2, 0) is 4.74 Å². The first-order valence-corrected chi connectivity index (χ1v) is 5.53. The molecule has 0 fully saturated rings. The molecular weight excluding hydrogens is 204 g/mol. The zero-order valence-corrected chi connectivity index (χ0v) is 10.2. The van der Waals surface area contributed by atoms with Gasteiger partial charge in [0.2, 0.25) is 0 Å². The lowest BCUT2D eigenvalue weighted by atomic mass is 10.1. The van der Waals surface area contributed by atoms with Gasteiger partial charge in [0.25, 0.3) is 0 Å². The summed E-state index contributed by atoms with van der Waals surface area (Å²) in [5.41, 5.74) is 1.14. The highest BCUT2D eigenvalue weighted by Gasteiger charge is 2.10. The zero-order chi connectivity index (χ0) is 11.8. The summed E-state index contributed by atoms with van der Waals surface area (Å²) in [6.45, 7) is 3.74. The van der Waals surface area contributed by atoms with E-state index in [0.29, 0.717) is 0 Å². The van der Waals surface area contributed by atoms with Crippen LogP contribution in [0.25, 0.3) is 0 Å². The number of aromatic nitrogens is 1. The Kier molecular flexibility index (Phi) is 5.82. The van der Waals surface area contributed by atoms with Crippen molar-refractivity contribution in [3.63, 3.8) is 0 Å². The van der Waals surface area contributed by atoms with Crippen LogP contribution in [0.1, 0.15) is 24.9 Å². The summed E-state index contributed by atoms with van der Waals surface area (Å²) in [5, 5.41) is 3.41. The number of hydrogen-bond acceptors (Lipinski definition) is 4. The Morgan fingerprint density at radius 1 is 1.38 bits per heavy atom. The first kappa shape index (κ1) is 12.9. The summed E-state index contributed by atoms with van der Waals surface area (Å²) in [6.07, 6.45) is 4.51. The van der Waals surface area contributed by atoms with Gasteiger partial charge in [-0.2, -0.15) is 0 Å². The van der Waals surface area contributed by atoms with Crippen LogP contribution in [0.5, 0.6) is 5.75 Å². The van der Waals surface area contributed by atoms with Gasteiger partial charge in [0.1, 0.15) is 5.75 Å². The average molecular weight is 224 g/mol. The summed E-state index contributed by atoms with van der Waals surface area (Å²) < 4.78 is 10.3. The molecule has 1 aromatic rings. The Morgan fingerprint density at radius 3 is 2.81 bits per heavy atom. The number of nitrogens with one attached hydrogen (secondary N) is 1. The summed E-state index contributed by atoms with van der Waals surface area (Å²) in [4.78, 5) is 4.16. The van der Waals surface area contributed by atoms with E-state index in [1.54, 1.807) is 20.4 Å². The van der Waals surface area contributed by atoms with Crippen molar-refractivity contribution in [2.24, 2.45) is 0 Å². The largest absolute Gasteiger partial charge is 0.495 e. The minimum atomic E-state index is 0.271. The van der Waals surface area contributed by atoms with Crippen molar-refractivity contribution in [1.29, 1.82) is 0 Å². The number of rotatable bonds is 7. The number of hydrogen-bond donors (Lipinski definition) is 1. The molecule has 0 amide bonds. The monoisotopic (exact) mass is 224 g/mol. The summed E-state index contributed by atoms with van der Waals surface area (Å²) in [6, 6.07) is 2.28. The second-order valence-corrected chi connectivity index (χ2v) is 3.55. The molecule has 0 aliphatic rings. The highest BCUT2D eigenvalue weighted by atomic mass is 16.5.